The zero-order valence-corrected chi connectivity index (χ0v) is 16.4. The number of pyridine rings is 1. The van der Waals surface area contributed by atoms with E-state index >= 15 is 0 Å². The van der Waals surface area contributed by atoms with Crippen LogP contribution in [-0.2, 0) is 6.18 Å². The highest BCUT2D eigenvalue weighted by molar-refractivity contribution is 6.00. The monoisotopic (exact) mass is 418 g/mol. The standard InChI is InChI=1S/C21H21F3N4O2/c1-11-9-28(10-12(2)19(11)30)20-16-8-25-6-5-14(16)18(26-27-20)15-4-3-13(7-17(15)29)21(22,23)24/h3-8,11-12,19,29-30H,9-10H2,1-2H3/t11-,12+,19+. The molecule has 0 radical (unpaired) electrons. The molecule has 0 saturated carbocycles. The summed E-state index contributed by atoms with van der Waals surface area (Å²) in [5, 5.41) is 30.4. The zero-order chi connectivity index (χ0) is 21.6. The molecule has 0 aliphatic carbocycles. The van der Waals surface area contributed by atoms with Gasteiger partial charge in [0, 0.05) is 41.8 Å². The lowest BCUT2D eigenvalue weighted by Crippen LogP contribution is -2.47. The summed E-state index contributed by atoms with van der Waals surface area (Å²) in [6.45, 7) is 5.12. The molecule has 3 heterocycles. The fourth-order valence-corrected chi connectivity index (χ4v) is 4.04. The number of halogens is 3. The van der Waals surface area contributed by atoms with Crippen molar-refractivity contribution in [3.63, 3.8) is 0 Å². The number of anilines is 1. The molecule has 6 nitrogen and oxygen atoms in total. The molecule has 9 heteroatoms. The summed E-state index contributed by atoms with van der Waals surface area (Å²) >= 11 is 0. The minimum atomic E-state index is -4.55. The van der Waals surface area contributed by atoms with E-state index in [1.165, 1.54) is 6.07 Å². The van der Waals surface area contributed by atoms with Gasteiger partial charge >= 0.3 is 6.18 Å². The van der Waals surface area contributed by atoms with Crippen LogP contribution in [0.3, 0.4) is 0 Å². The summed E-state index contributed by atoms with van der Waals surface area (Å²) in [6, 6.07) is 4.50. The van der Waals surface area contributed by atoms with Crippen LogP contribution < -0.4 is 4.90 Å². The molecule has 1 saturated heterocycles. The SMILES string of the molecule is C[C@@H]1CN(c2nnc(-c3ccc(C(F)(F)F)cc3O)c3ccncc23)C[C@H](C)[C@H]1O. The maximum Gasteiger partial charge on any atom is 0.416 e. The molecule has 1 aliphatic rings. The number of aliphatic hydroxyl groups excluding tert-OH is 1. The summed E-state index contributed by atoms with van der Waals surface area (Å²) in [4.78, 5) is 6.21. The van der Waals surface area contributed by atoms with Gasteiger partial charge in [-0.05, 0) is 36.1 Å². The van der Waals surface area contributed by atoms with Crippen LogP contribution in [0, 0.1) is 11.8 Å². The molecular formula is C21H21F3N4O2. The van der Waals surface area contributed by atoms with Crippen LogP contribution in [-0.4, -0.2) is 44.6 Å². The van der Waals surface area contributed by atoms with Gasteiger partial charge in [-0.15, -0.1) is 10.2 Å². The van der Waals surface area contributed by atoms with Crippen molar-refractivity contribution in [2.45, 2.75) is 26.1 Å². The van der Waals surface area contributed by atoms with Crippen molar-refractivity contribution in [2.24, 2.45) is 11.8 Å². The van der Waals surface area contributed by atoms with Crippen LogP contribution >= 0.6 is 0 Å². The van der Waals surface area contributed by atoms with E-state index in [1.807, 2.05) is 18.7 Å². The number of aromatic hydroxyl groups is 1. The third-order valence-corrected chi connectivity index (χ3v) is 5.62. The maximum absolute atomic E-state index is 12.9. The van der Waals surface area contributed by atoms with Crippen LogP contribution in [0.1, 0.15) is 19.4 Å². The lowest BCUT2D eigenvalue weighted by molar-refractivity contribution is -0.137. The minimum Gasteiger partial charge on any atom is -0.507 e. The number of nitrogens with zero attached hydrogens (tertiary/aromatic N) is 4. The summed E-state index contributed by atoms with van der Waals surface area (Å²) in [7, 11) is 0. The Hall–Kier alpha value is -2.94. The third kappa shape index (κ3) is 3.54. The Morgan fingerprint density at radius 3 is 2.37 bits per heavy atom. The molecule has 1 fully saturated rings. The average molecular weight is 418 g/mol. The zero-order valence-electron chi connectivity index (χ0n) is 16.4. The molecule has 3 atom stereocenters. The van der Waals surface area contributed by atoms with Gasteiger partial charge in [-0.1, -0.05) is 13.8 Å². The van der Waals surface area contributed by atoms with Gasteiger partial charge in [0.1, 0.15) is 11.4 Å². The summed E-state index contributed by atoms with van der Waals surface area (Å²) in [5.74, 6) is 0.161. The highest BCUT2D eigenvalue weighted by atomic mass is 19.4. The lowest BCUT2D eigenvalue weighted by atomic mass is 9.88. The molecule has 0 amide bonds. The van der Waals surface area contributed by atoms with Gasteiger partial charge in [-0.2, -0.15) is 13.2 Å². The van der Waals surface area contributed by atoms with E-state index in [0.29, 0.717) is 35.7 Å². The number of hydrogen-bond acceptors (Lipinski definition) is 6. The van der Waals surface area contributed by atoms with Crippen molar-refractivity contribution < 1.29 is 23.4 Å². The number of fused-ring (bicyclic) bond motifs is 1. The van der Waals surface area contributed by atoms with Gasteiger partial charge in [0.05, 0.1) is 11.7 Å². The molecule has 1 aliphatic heterocycles. The topological polar surface area (TPSA) is 82.4 Å². The molecule has 2 aromatic heterocycles. The van der Waals surface area contributed by atoms with Gasteiger partial charge in [-0.3, -0.25) is 4.98 Å². The van der Waals surface area contributed by atoms with Gasteiger partial charge in [0.2, 0.25) is 0 Å². The van der Waals surface area contributed by atoms with E-state index in [4.69, 9.17) is 0 Å². The number of aliphatic hydroxyl groups is 1. The van der Waals surface area contributed by atoms with E-state index in [9.17, 15) is 23.4 Å². The van der Waals surface area contributed by atoms with Crippen LogP contribution in [0.25, 0.3) is 22.0 Å². The summed E-state index contributed by atoms with van der Waals surface area (Å²) in [6.07, 6.45) is -1.76. The molecule has 0 bridgehead atoms. The lowest BCUT2D eigenvalue weighted by Gasteiger charge is -2.39. The molecule has 4 rings (SSSR count). The molecule has 1 aromatic carbocycles. The average Bonchev–Trinajstić information content (AvgIpc) is 2.70. The first kappa shape index (κ1) is 20.3. The van der Waals surface area contributed by atoms with Crippen LogP contribution in [0.2, 0.25) is 0 Å². The minimum absolute atomic E-state index is 0.0425. The predicted molar refractivity (Wildman–Crippen MR) is 106 cm³/mol. The number of aromatic nitrogens is 3. The molecule has 0 spiro atoms. The molecule has 3 aromatic rings. The van der Waals surface area contributed by atoms with Gasteiger partial charge < -0.3 is 15.1 Å². The van der Waals surface area contributed by atoms with Crippen LogP contribution in [0.5, 0.6) is 5.75 Å². The second-order valence-corrected chi connectivity index (χ2v) is 7.87. The first-order chi connectivity index (χ1) is 14.2. The van der Waals surface area contributed by atoms with Crippen molar-refractivity contribution >= 4 is 16.6 Å². The Kier molecular flexibility index (Phi) is 5.01. The number of phenolic OH excluding ortho intramolecular Hbond substituents is 1. The Morgan fingerprint density at radius 2 is 1.73 bits per heavy atom. The second-order valence-electron chi connectivity index (χ2n) is 7.87. The van der Waals surface area contributed by atoms with Gasteiger partial charge in [0.25, 0.3) is 0 Å². The fourth-order valence-electron chi connectivity index (χ4n) is 4.04. The van der Waals surface area contributed by atoms with E-state index in [1.54, 1.807) is 18.5 Å². The number of phenols is 1. The van der Waals surface area contributed by atoms with Gasteiger partial charge in [-0.25, -0.2) is 0 Å². The maximum atomic E-state index is 12.9. The first-order valence-electron chi connectivity index (χ1n) is 9.61. The van der Waals surface area contributed by atoms with Crippen LogP contribution in [0.15, 0.2) is 36.7 Å². The Balaban J connectivity index is 1.81. The van der Waals surface area contributed by atoms with E-state index < -0.39 is 23.6 Å². The molecule has 2 N–H and O–H groups in total. The van der Waals surface area contributed by atoms with Crippen molar-refractivity contribution in [3.8, 4) is 17.0 Å². The molecular weight excluding hydrogens is 397 g/mol. The quantitative estimate of drug-likeness (QED) is 0.658. The normalized spacial score (nSPS) is 22.5. The Labute approximate surface area is 171 Å². The number of piperidine rings is 1. The smallest absolute Gasteiger partial charge is 0.416 e. The number of hydrogen-bond donors (Lipinski definition) is 2. The first-order valence-corrected chi connectivity index (χ1v) is 9.61. The van der Waals surface area contributed by atoms with Crippen molar-refractivity contribution in [1.29, 1.82) is 0 Å². The van der Waals surface area contributed by atoms with E-state index in [2.05, 4.69) is 15.2 Å². The fraction of sp³-hybridized carbons (Fsp3) is 0.381. The molecule has 0 unspecified atom stereocenters. The van der Waals surface area contributed by atoms with E-state index in [-0.39, 0.29) is 23.1 Å². The van der Waals surface area contributed by atoms with Crippen molar-refractivity contribution in [1.82, 2.24) is 15.2 Å². The molecule has 158 valence electrons. The summed E-state index contributed by atoms with van der Waals surface area (Å²) in [5.41, 5.74) is -0.497. The summed E-state index contributed by atoms with van der Waals surface area (Å²) < 4.78 is 38.8. The van der Waals surface area contributed by atoms with E-state index in [0.717, 1.165) is 6.07 Å². The third-order valence-electron chi connectivity index (χ3n) is 5.62. The largest absolute Gasteiger partial charge is 0.507 e. The number of benzene rings is 1. The van der Waals surface area contributed by atoms with Gasteiger partial charge in [0.15, 0.2) is 5.82 Å². The van der Waals surface area contributed by atoms with Crippen molar-refractivity contribution in [3.05, 3.63) is 42.2 Å². The predicted octanol–water partition coefficient (Wildman–Crippen LogP) is 3.87. The van der Waals surface area contributed by atoms with Crippen molar-refractivity contribution in [2.75, 3.05) is 18.0 Å². The highest BCUT2D eigenvalue weighted by Crippen LogP contribution is 2.39. The Bertz CT molecular complexity index is 1080. The number of alkyl halides is 3. The highest BCUT2D eigenvalue weighted by Gasteiger charge is 2.33. The molecule has 30 heavy (non-hydrogen) atoms. The Morgan fingerprint density at radius 1 is 1.03 bits per heavy atom. The number of rotatable bonds is 2. The van der Waals surface area contributed by atoms with Crippen LogP contribution in [0.4, 0.5) is 19.0 Å². The second kappa shape index (κ2) is 7.39.